The average Bonchev–Trinajstić information content (AvgIpc) is 2.81. The minimum absolute atomic E-state index is 0.0175. The number of hydrogen-bond donors (Lipinski definition) is 2. The van der Waals surface area contributed by atoms with Crippen LogP contribution in [0.1, 0.15) is 21.8 Å². The molecule has 3 N–H and O–H groups in total. The zero-order chi connectivity index (χ0) is 14.5. The molecule has 2 rings (SSSR count). The summed E-state index contributed by atoms with van der Waals surface area (Å²) in [4.78, 5) is 22.6. The molecule has 0 bridgehead atoms. The summed E-state index contributed by atoms with van der Waals surface area (Å²) in [5.74, 6) is 0.113. The molecule has 0 aliphatic heterocycles. The standard InChI is InChI=1S/C13H13N3O4/c1-8-5-11(16-20-8)7-19-12(17)9-3-2-4-10(6-9)15-13(14)18/h2-6H,7H2,1H3,(H3,14,15,18). The molecule has 0 spiro atoms. The number of amides is 2. The Labute approximate surface area is 114 Å². The number of anilines is 1. The lowest BCUT2D eigenvalue weighted by atomic mass is 10.2. The summed E-state index contributed by atoms with van der Waals surface area (Å²) in [6.45, 7) is 1.76. The molecule has 20 heavy (non-hydrogen) atoms. The topological polar surface area (TPSA) is 107 Å². The summed E-state index contributed by atoms with van der Waals surface area (Å²) < 4.78 is 9.94. The number of carbonyl (C=O) groups excluding carboxylic acids is 2. The second-order valence-corrected chi connectivity index (χ2v) is 4.08. The first-order valence-corrected chi connectivity index (χ1v) is 5.80. The number of nitrogens with one attached hydrogen (secondary N) is 1. The smallest absolute Gasteiger partial charge is 0.338 e. The molecular weight excluding hydrogens is 262 g/mol. The molecule has 0 aliphatic carbocycles. The Bertz CT molecular complexity index is 636. The molecule has 0 unspecified atom stereocenters. The predicted octanol–water partition coefficient (Wildman–Crippen LogP) is 1.83. The van der Waals surface area contributed by atoms with Gasteiger partial charge in [-0.2, -0.15) is 0 Å². The lowest BCUT2D eigenvalue weighted by molar-refractivity contribution is 0.0464. The van der Waals surface area contributed by atoms with E-state index in [0.29, 0.717) is 22.7 Å². The Hall–Kier alpha value is -2.83. The third-order valence-corrected chi connectivity index (χ3v) is 2.39. The van der Waals surface area contributed by atoms with Crippen LogP contribution in [0.4, 0.5) is 10.5 Å². The number of carbonyl (C=O) groups is 2. The van der Waals surface area contributed by atoms with E-state index in [1.807, 2.05) is 0 Å². The fourth-order valence-electron chi connectivity index (χ4n) is 1.57. The summed E-state index contributed by atoms with van der Waals surface area (Å²) in [5, 5.41) is 6.09. The van der Waals surface area contributed by atoms with Gasteiger partial charge in [-0.1, -0.05) is 11.2 Å². The maximum atomic E-state index is 11.8. The molecule has 0 saturated heterocycles. The van der Waals surface area contributed by atoms with Crippen LogP contribution in [0.3, 0.4) is 0 Å². The van der Waals surface area contributed by atoms with Gasteiger partial charge in [0.15, 0.2) is 0 Å². The average molecular weight is 275 g/mol. The molecule has 1 aromatic heterocycles. The van der Waals surface area contributed by atoms with Crippen LogP contribution < -0.4 is 11.1 Å². The number of benzene rings is 1. The first kappa shape index (κ1) is 13.6. The Kier molecular flexibility index (Phi) is 3.99. The number of aryl methyl sites for hydroxylation is 1. The molecule has 0 fully saturated rings. The Morgan fingerprint density at radius 2 is 2.20 bits per heavy atom. The molecule has 2 aromatic rings. The van der Waals surface area contributed by atoms with Crippen LogP contribution in [0.2, 0.25) is 0 Å². The minimum atomic E-state index is -0.700. The summed E-state index contributed by atoms with van der Waals surface area (Å²) in [5.41, 5.74) is 6.26. The van der Waals surface area contributed by atoms with E-state index in [9.17, 15) is 9.59 Å². The van der Waals surface area contributed by atoms with Crippen LogP contribution in [-0.2, 0) is 11.3 Å². The van der Waals surface area contributed by atoms with Gasteiger partial charge in [-0.15, -0.1) is 0 Å². The third-order valence-electron chi connectivity index (χ3n) is 2.39. The zero-order valence-electron chi connectivity index (χ0n) is 10.8. The van der Waals surface area contributed by atoms with Gasteiger partial charge < -0.3 is 20.3 Å². The van der Waals surface area contributed by atoms with E-state index in [4.69, 9.17) is 15.0 Å². The SMILES string of the molecule is Cc1cc(COC(=O)c2cccc(NC(N)=O)c2)no1. The highest BCUT2D eigenvalue weighted by Crippen LogP contribution is 2.12. The van der Waals surface area contributed by atoms with Gasteiger partial charge in [-0.05, 0) is 25.1 Å². The monoisotopic (exact) mass is 275 g/mol. The first-order chi connectivity index (χ1) is 9.54. The molecule has 0 radical (unpaired) electrons. The highest BCUT2D eigenvalue weighted by Gasteiger charge is 2.10. The lowest BCUT2D eigenvalue weighted by Crippen LogP contribution is -2.19. The van der Waals surface area contributed by atoms with E-state index in [2.05, 4.69) is 10.5 Å². The predicted molar refractivity (Wildman–Crippen MR) is 70.0 cm³/mol. The number of aromatic nitrogens is 1. The minimum Gasteiger partial charge on any atom is -0.455 e. The number of nitrogens with two attached hydrogens (primary N) is 1. The summed E-state index contributed by atoms with van der Waals surface area (Å²) in [6.07, 6.45) is 0. The largest absolute Gasteiger partial charge is 0.455 e. The molecule has 1 heterocycles. The van der Waals surface area contributed by atoms with Gasteiger partial charge in [-0.25, -0.2) is 9.59 Å². The first-order valence-electron chi connectivity index (χ1n) is 5.80. The number of primary amides is 1. The number of rotatable bonds is 4. The van der Waals surface area contributed by atoms with Gasteiger partial charge in [0.1, 0.15) is 18.1 Å². The van der Waals surface area contributed by atoms with Crippen LogP contribution in [0.5, 0.6) is 0 Å². The van der Waals surface area contributed by atoms with Crippen molar-refractivity contribution in [3.63, 3.8) is 0 Å². The molecule has 104 valence electrons. The van der Waals surface area contributed by atoms with Crippen LogP contribution in [0.15, 0.2) is 34.9 Å². The van der Waals surface area contributed by atoms with Gasteiger partial charge in [0, 0.05) is 11.8 Å². The van der Waals surface area contributed by atoms with Crippen molar-refractivity contribution in [1.29, 1.82) is 0 Å². The molecule has 0 atom stereocenters. The van der Waals surface area contributed by atoms with Crippen molar-refractivity contribution in [2.45, 2.75) is 13.5 Å². The van der Waals surface area contributed by atoms with Crippen LogP contribution in [-0.4, -0.2) is 17.2 Å². The molecule has 7 heteroatoms. The van der Waals surface area contributed by atoms with Crippen LogP contribution >= 0.6 is 0 Å². The van der Waals surface area contributed by atoms with Gasteiger partial charge in [0.25, 0.3) is 0 Å². The molecular formula is C13H13N3O4. The number of nitrogens with zero attached hydrogens (tertiary/aromatic N) is 1. The van der Waals surface area contributed by atoms with Crippen molar-refractivity contribution in [2.24, 2.45) is 5.73 Å². The van der Waals surface area contributed by atoms with Crippen molar-refractivity contribution in [1.82, 2.24) is 5.16 Å². The Morgan fingerprint density at radius 3 is 2.85 bits per heavy atom. The van der Waals surface area contributed by atoms with E-state index in [0.717, 1.165) is 0 Å². The summed E-state index contributed by atoms with van der Waals surface area (Å²) >= 11 is 0. The molecule has 0 aliphatic rings. The van der Waals surface area contributed by atoms with E-state index in [1.54, 1.807) is 31.2 Å². The molecule has 1 aromatic carbocycles. The fraction of sp³-hybridized carbons (Fsp3) is 0.154. The summed E-state index contributed by atoms with van der Waals surface area (Å²) in [6, 6.07) is 7.25. The fourth-order valence-corrected chi connectivity index (χ4v) is 1.57. The second-order valence-electron chi connectivity index (χ2n) is 4.08. The maximum Gasteiger partial charge on any atom is 0.338 e. The number of ether oxygens (including phenoxy) is 1. The zero-order valence-corrected chi connectivity index (χ0v) is 10.8. The Balaban J connectivity index is 1.99. The normalized spacial score (nSPS) is 10.1. The second kappa shape index (κ2) is 5.87. The van der Waals surface area contributed by atoms with Crippen LogP contribution in [0.25, 0.3) is 0 Å². The molecule has 2 amide bonds. The molecule has 0 saturated carbocycles. The number of urea groups is 1. The Morgan fingerprint density at radius 1 is 1.40 bits per heavy atom. The van der Waals surface area contributed by atoms with Crippen molar-refractivity contribution in [3.8, 4) is 0 Å². The van der Waals surface area contributed by atoms with Gasteiger partial charge in [0.2, 0.25) is 0 Å². The number of hydrogen-bond acceptors (Lipinski definition) is 5. The molecule has 7 nitrogen and oxygen atoms in total. The van der Waals surface area contributed by atoms with Gasteiger partial charge >= 0.3 is 12.0 Å². The van der Waals surface area contributed by atoms with E-state index in [1.165, 1.54) is 6.07 Å². The number of esters is 1. The third kappa shape index (κ3) is 3.58. The summed E-state index contributed by atoms with van der Waals surface area (Å²) in [7, 11) is 0. The maximum absolute atomic E-state index is 11.8. The van der Waals surface area contributed by atoms with Gasteiger partial charge in [0.05, 0.1) is 5.56 Å². The van der Waals surface area contributed by atoms with E-state index >= 15 is 0 Å². The highest BCUT2D eigenvalue weighted by atomic mass is 16.5. The van der Waals surface area contributed by atoms with Gasteiger partial charge in [-0.3, -0.25) is 0 Å². The van der Waals surface area contributed by atoms with E-state index in [-0.39, 0.29) is 6.61 Å². The lowest BCUT2D eigenvalue weighted by Gasteiger charge is -2.05. The van der Waals surface area contributed by atoms with Crippen molar-refractivity contribution in [2.75, 3.05) is 5.32 Å². The van der Waals surface area contributed by atoms with Crippen molar-refractivity contribution in [3.05, 3.63) is 47.3 Å². The van der Waals surface area contributed by atoms with Crippen LogP contribution in [0, 0.1) is 6.92 Å². The highest BCUT2D eigenvalue weighted by molar-refractivity contribution is 5.93. The van der Waals surface area contributed by atoms with E-state index < -0.39 is 12.0 Å². The van der Waals surface area contributed by atoms with Crippen molar-refractivity contribution >= 4 is 17.7 Å². The van der Waals surface area contributed by atoms with Crippen molar-refractivity contribution < 1.29 is 18.8 Å². The quantitative estimate of drug-likeness (QED) is 0.827.